The van der Waals surface area contributed by atoms with Crippen LogP contribution in [0.25, 0.3) is 11.4 Å². The van der Waals surface area contributed by atoms with Gasteiger partial charge >= 0.3 is 0 Å². The Bertz CT molecular complexity index is 505. The number of hydrogen-bond donors (Lipinski definition) is 2. The van der Waals surface area contributed by atoms with Crippen molar-refractivity contribution < 1.29 is 8.78 Å². The number of benzene rings is 1. The number of aryl methyl sites for hydroxylation is 1. The van der Waals surface area contributed by atoms with E-state index >= 15 is 0 Å². The fourth-order valence-corrected chi connectivity index (χ4v) is 1.33. The lowest BCUT2D eigenvalue weighted by atomic mass is 10.1. The van der Waals surface area contributed by atoms with Crippen LogP contribution < -0.4 is 5.73 Å². The fourth-order valence-electron chi connectivity index (χ4n) is 1.33. The van der Waals surface area contributed by atoms with Crippen LogP contribution in [0, 0.1) is 18.6 Å². The van der Waals surface area contributed by atoms with Crippen LogP contribution in [0.1, 0.15) is 5.69 Å². The van der Waals surface area contributed by atoms with Crippen LogP contribution in [0.3, 0.4) is 0 Å². The Hall–Kier alpha value is -1.91. The van der Waals surface area contributed by atoms with Crippen molar-refractivity contribution in [2.45, 2.75) is 6.92 Å². The van der Waals surface area contributed by atoms with Gasteiger partial charge in [-0.25, -0.2) is 13.8 Å². The average molecular weight is 209 g/mol. The van der Waals surface area contributed by atoms with Gasteiger partial charge in [-0.2, -0.15) is 0 Å². The summed E-state index contributed by atoms with van der Waals surface area (Å²) < 4.78 is 26.5. The molecular formula is C10H9F2N3. The van der Waals surface area contributed by atoms with Crippen molar-refractivity contribution >= 4 is 5.69 Å². The summed E-state index contributed by atoms with van der Waals surface area (Å²) in [6.45, 7) is 1.77. The van der Waals surface area contributed by atoms with Crippen molar-refractivity contribution in [3.8, 4) is 11.4 Å². The smallest absolute Gasteiger partial charge is 0.157 e. The van der Waals surface area contributed by atoms with Gasteiger partial charge in [0.25, 0.3) is 0 Å². The molecule has 15 heavy (non-hydrogen) atoms. The van der Waals surface area contributed by atoms with Crippen molar-refractivity contribution in [1.82, 2.24) is 9.97 Å². The minimum Gasteiger partial charge on any atom is -0.396 e. The summed E-state index contributed by atoms with van der Waals surface area (Å²) in [5.74, 6) is -0.972. The number of hydrogen-bond acceptors (Lipinski definition) is 2. The van der Waals surface area contributed by atoms with Gasteiger partial charge in [0.05, 0.1) is 11.3 Å². The number of nitrogen functional groups attached to an aromatic ring is 1. The first kappa shape index (κ1) is 9.64. The number of halogens is 2. The van der Waals surface area contributed by atoms with Crippen molar-refractivity contribution in [3.63, 3.8) is 0 Å². The third kappa shape index (κ3) is 1.68. The van der Waals surface area contributed by atoms with Crippen LogP contribution in [-0.2, 0) is 0 Å². The zero-order valence-corrected chi connectivity index (χ0v) is 8.01. The van der Waals surface area contributed by atoms with Crippen molar-refractivity contribution in [2.24, 2.45) is 0 Å². The van der Waals surface area contributed by atoms with Crippen LogP contribution in [0.15, 0.2) is 18.3 Å². The summed E-state index contributed by atoms with van der Waals surface area (Å²) in [6.07, 6.45) is 1.54. The lowest BCUT2D eigenvalue weighted by Gasteiger charge is -2.03. The van der Waals surface area contributed by atoms with Gasteiger partial charge in [-0.1, -0.05) is 0 Å². The second-order valence-electron chi connectivity index (χ2n) is 3.27. The molecule has 0 spiro atoms. The van der Waals surface area contributed by atoms with Crippen molar-refractivity contribution in [3.05, 3.63) is 35.7 Å². The zero-order chi connectivity index (χ0) is 11.0. The first-order valence-electron chi connectivity index (χ1n) is 4.34. The van der Waals surface area contributed by atoms with E-state index in [-0.39, 0.29) is 17.1 Å². The van der Waals surface area contributed by atoms with Gasteiger partial charge < -0.3 is 10.7 Å². The molecule has 0 aliphatic heterocycles. The van der Waals surface area contributed by atoms with Crippen LogP contribution in [0.5, 0.6) is 0 Å². The molecule has 0 unspecified atom stereocenters. The van der Waals surface area contributed by atoms with E-state index in [4.69, 9.17) is 5.73 Å². The highest BCUT2D eigenvalue weighted by Gasteiger charge is 2.12. The molecule has 78 valence electrons. The minimum atomic E-state index is -0.661. The predicted molar refractivity (Wildman–Crippen MR) is 53.1 cm³/mol. The predicted octanol–water partition coefficient (Wildman–Crippen LogP) is 2.25. The van der Waals surface area contributed by atoms with Crippen LogP contribution >= 0.6 is 0 Å². The zero-order valence-electron chi connectivity index (χ0n) is 8.01. The molecule has 1 heterocycles. The first-order chi connectivity index (χ1) is 7.08. The minimum absolute atomic E-state index is 0.0422. The number of nitrogens with zero attached hydrogens (tertiary/aromatic N) is 1. The molecule has 0 saturated heterocycles. The molecule has 1 aromatic heterocycles. The maximum absolute atomic E-state index is 13.5. The molecule has 0 radical (unpaired) electrons. The Balaban J connectivity index is 2.62. The molecular weight excluding hydrogens is 200 g/mol. The normalized spacial score (nSPS) is 10.6. The summed E-state index contributed by atoms with van der Waals surface area (Å²) in [6, 6.07) is 2.00. The molecule has 5 heteroatoms. The lowest BCUT2D eigenvalue weighted by molar-refractivity contribution is 0.606. The first-order valence-corrected chi connectivity index (χ1v) is 4.34. The average Bonchev–Trinajstić information content (AvgIpc) is 2.58. The number of imidazole rings is 1. The van der Waals surface area contributed by atoms with E-state index in [2.05, 4.69) is 9.97 Å². The topological polar surface area (TPSA) is 54.7 Å². The van der Waals surface area contributed by atoms with Crippen molar-refractivity contribution in [1.29, 1.82) is 0 Å². The summed E-state index contributed by atoms with van der Waals surface area (Å²) in [4.78, 5) is 6.73. The van der Waals surface area contributed by atoms with Gasteiger partial charge in [-0.3, -0.25) is 0 Å². The third-order valence-electron chi connectivity index (χ3n) is 2.02. The van der Waals surface area contributed by atoms with Gasteiger partial charge in [-0.15, -0.1) is 0 Å². The number of aromatic amines is 1. The van der Waals surface area contributed by atoms with Gasteiger partial charge in [0.2, 0.25) is 0 Å². The van der Waals surface area contributed by atoms with Gasteiger partial charge in [0, 0.05) is 11.9 Å². The largest absolute Gasteiger partial charge is 0.396 e. The fraction of sp³-hybridized carbons (Fsp3) is 0.100. The Morgan fingerprint density at radius 2 is 2.07 bits per heavy atom. The van der Waals surface area contributed by atoms with Crippen molar-refractivity contribution in [2.75, 3.05) is 5.73 Å². The van der Waals surface area contributed by atoms with Gasteiger partial charge in [0.15, 0.2) is 5.82 Å². The van der Waals surface area contributed by atoms with E-state index in [0.717, 1.165) is 17.8 Å². The van der Waals surface area contributed by atoms with E-state index < -0.39 is 11.6 Å². The summed E-state index contributed by atoms with van der Waals surface area (Å²) in [5, 5.41) is 0. The Morgan fingerprint density at radius 3 is 2.67 bits per heavy atom. The van der Waals surface area contributed by atoms with E-state index in [0.29, 0.717) is 0 Å². The third-order valence-corrected chi connectivity index (χ3v) is 2.02. The van der Waals surface area contributed by atoms with Gasteiger partial charge in [0.1, 0.15) is 11.6 Å². The van der Waals surface area contributed by atoms with Crippen LogP contribution in [0.2, 0.25) is 0 Å². The second kappa shape index (κ2) is 3.34. The SMILES string of the molecule is Cc1cnc(-c2cc(F)cc(N)c2F)[nH]1. The molecule has 2 aromatic rings. The molecule has 0 atom stereocenters. The number of nitrogens with two attached hydrogens (primary N) is 1. The summed E-state index contributed by atoms with van der Waals surface area (Å²) >= 11 is 0. The van der Waals surface area contributed by atoms with Crippen LogP contribution in [0.4, 0.5) is 14.5 Å². The molecule has 3 nitrogen and oxygen atoms in total. The molecule has 0 fully saturated rings. The number of rotatable bonds is 1. The number of nitrogens with one attached hydrogen (secondary N) is 1. The molecule has 0 aliphatic carbocycles. The Kier molecular flexibility index (Phi) is 2.15. The highest BCUT2D eigenvalue weighted by atomic mass is 19.1. The molecule has 1 aromatic carbocycles. The standard InChI is InChI=1S/C10H9F2N3/c1-5-4-14-10(15-5)7-2-6(11)3-8(13)9(7)12/h2-4H,13H2,1H3,(H,14,15). The van der Waals surface area contributed by atoms with E-state index in [1.54, 1.807) is 6.92 Å². The number of H-pyrrole nitrogens is 1. The monoisotopic (exact) mass is 209 g/mol. The summed E-state index contributed by atoms with van der Waals surface area (Å²) in [7, 11) is 0. The quantitative estimate of drug-likeness (QED) is 0.707. The van der Waals surface area contributed by atoms with Crippen LogP contribution in [-0.4, -0.2) is 9.97 Å². The highest BCUT2D eigenvalue weighted by Crippen LogP contribution is 2.25. The van der Waals surface area contributed by atoms with E-state index in [9.17, 15) is 8.78 Å². The molecule has 0 saturated carbocycles. The Morgan fingerprint density at radius 1 is 1.33 bits per heavy atom. The van der Waals surface area contributed by atoms with E-state index in [1.165, 1.54) is 6.20 Å². The summed E-state index contributed by atoms with van der Waals surface area (Å²) in [5.41, 5.74) is 5.90. The maximum atomic E-state index is 13.5. The molecule has 2 rings (SSSR count). The Labute approximate surface area is 85.0 Å². The maximum Gasteiger partial charge on any atom is 0.157 e. The number of aromatic nitrogens is 2. The molecule has 0 bridgehead atoms. The number of anilines is 1. The molecule has 0 aliphatic rings. The molecule has 0 amide bonds. The molecule has 3 N–H and O–H groups in total. The second-order valence-corrected chi connectivity index (χ2v) is 3.27. The highest BCUT2D eigenvalue weighted by molar-refractivity contribution is 5.63. The lowest BCUT2D eigenvalue weighted by Crippen LogP contribution is -1.96. The van der Waals surface area contributed by atoms with Gasteiger partial charge in [-0.05, 0) is 19.1 Å². The van der Waals surface area contributed by atoms with E-state index in [1.807, 2.05) is 0 Å².